The van der Waals surface area contributed by atoms with Crippen LogP contribution < -0.4 is 0 Å². The Kier molecular flexibility index (Phi) is 4.26. The molecule has 0 aliphatic carbocycles. The summed E-state index contributed by atoms with van der Waals surface area (Å²) in [6.07, 6.45) is -2.60. The van der Waals surface area contributed by atoms with E-state index in [0.29, 0.717) is 10.6 Å². The number of fused-ring (bicyclic) bond motifs is 5. The molecule has 0 unspecified atom stereocenters. The lowest BCUT2D eigenvalue weighted by Gasteiger charge is -2.11. The van der Waals surface area contributed by atoms with E-state index in [4.69, 9.17) is 4.98 Å². The number of alkyl halides is 3. The molecule has 5 rings (SSSR count). The summed E-state index contributed by atoms with van der Waals surface area (Å²) in [5, 5.41) is 0.801. The van der Waals surface area contributed by atoms with Crippen LogP contribution in [0, 0.1) is 6.92 Å². The largest absolute Gasteiger partial charge is 0.416 e. The van der Waals surface area contributed by atoms with Crippen LogP contribution in [-0.2, 0) is 6.18 Å². The molecular weight excluding hydrogens is 413 g/mol. The topological polar surface area (TPSA) is 25.8 Å². The van der Waals surface area contributed by atoms with Gasteiger partial charge in [0.05, 0.1) is 16.1 Å². The van der Waals surface area contributed by atoms with Gasteiger partial charge >= 0.3 is 6.18 Å². The number of halogens is 3. The van der Waals surface area contributed by atoms with Gasteiger partial charge in [0.2, 0.25) is 0 Å². The number of aromatic nitrogens is 2. The van der Waals surface area contributed by atoms with E-state index in [9.17, 15) is 13.2 Å². The van der Waals surface area contributed by atoms with Crippen molar-refractivity contribution in [2.45, 2.75) is 22.9 Å². The summed E-state index contributed by atoms with van der Waals surface area (Å²) in [7, 11) is 0. The van der Waals surface area contributed by atoms with Crippen LogP contribution in [-0.4, -0.2) is 9.97 Å². The van der Waals surface area contributed by atoms with Crippen molar-refractivity contribution in [3.63, 3.8) is 0 Å². The van der Waals surface area contributed by atoms with Crippen LogP contribution >= 0.6 is 23.1 Å². The molecule has 1 aliphatic heterocycles. The monoisotopic (exact) mass is 426 g/mol. The Balaban J connectivity index is 1.75. The molecule has 1 aliphatic rings. The molecule has 0 atom stereocenters. The lowest BCUT2D eigenvalue weighted by Crippen LogP contribution is -2.04. The first-order valence-electron chi connectivity index (χ1n) is 8.83. The van der Waals surface area contributed by atoms with Gasteiger partial charge in [-0.15, -0.1) is 11.3 Å². The number of aryl methyl sites for hydroxylation is 1. The van der Waals surface area contributed by atoms with Crippen molar-refractivity contribution in [2.24, 2.45) is 0 Å². The summed E-state index contributed by atoms with van der Waals surface area (Å²) in [5.74, 6) is 0. The van der Waals surface area contributed by atoms with Gasteiger partial charge < -0.3 is 0 Å². The van der Waals surface area contributed by atoms with Crippen LogP contribution in [0.5, 0.6) is 0 Å². The van der Waals surface area contributed by atoms with E-state index in [1.165, 1.54) is 35.2 Å². The maximum atomic E-state index is 13.3. The van der Waals surface area contributed by atoms with Gasteiger partial charge in [0, 0.05) is 38.4 Å². The van der Waals surface area contributed by atoms with Crippen LogP contribution in [0.2, 0.25) is 0 Å². The quantitative estimate of drug-likeness (QED) is 0.281. The van der Waals surface area contributed by atoms with Crippen LogP contribution in [0.4, 0.5) is 13.2 Å². The Morgan fingerprint density at radius 3 is 2.48 bits per heavy atom. The average molecular weight is 426 g/mol. The Morgan fingerprint density at radius 1 is 0.897 bits per heavy atom. The fraction of sp³-hybridized carbons (Fsp3) is 0.0909. The number of hydrogen-bond donors (Lipinski definition) is 0. The summed E-state index contributed by atoms with van der Waals surface area (Å²) >= 11 is 2.89. The lowest BCUT2D eigenvalue weighted by atomic mass is 10.0. The van der Waals surface area contributed by atoms with E-state index < -0.39 is 11.7 Å². The highest BCUT2D eigenvalue weighted by molar-refractivity contribution is 7.99. The molecule has 29 heavy (non-hydrogen) atoms. The van der Waals surface area contributed by atoms with Gasteiger partial charge in [-0.3, -0.25) is 4.98 Å². The third-order valence-electron chi connectivity index (χ3n) is 4.70. The third-order valence-corrected chi connectivity index (χ3v) is 6.97. The fourth-order valence-corrected chi connectivity index (χ4v) is 5.54. The van der Waals surface area contributed by atoms with E-state index in [1.807, 2.05) is 43.3 Å². The number of thiazole rings is 1. The maximum absolute atomic E-state index is 13.3. The fourth-order valence-electron chi connectivity index (χ4n) is 3.24. The zero-order valence-corrected chi connectivity index (χ0v) is 16.8. The van der Waals surface area contributed by atoms with E-state index in [-0.39, 0.29) is 0 Å². The summed E-state index contributed by atoms with van der Waals surface area (Å²) in [5.41, 5.74) is 3.58. The minimum absolute atomic E-state index is 0.560. The van der Waals surface area contributed by atoms with Gasteiger partial charge in [0.25, 0.3) is 0 Å². The molecule has 0 radical (unpaired) electrons. The molecule has 0 bridgehead atoms. The molecule has 3 heterocycles. The van der Waals surface area contributed by atoms with Crippen molar-refractivity contribution in [1.82, 2.24) is 9.97 Å². The van der Waals surface area contributed by atoms with Gasteiger partial charge in [0.1, 0.15) is 5.01 Å². The standard InChI is InChI=1S/C22H13F3N2S2/c1-12-6-7-13(11-26-12)21-27-19-15-9-8-14(22(23,24)25)10-18(15)28-17-5-3-2-4-16(17)20(19)29-21/h2-11H,1H3. The van der Waals surface area contributed by atoms with E-state index in [0.717, 1.165) is 43.2 Å². The highest BCUT2D eigenvalue weighted by Crippen LogP contribution is 2.51. The Hall–Kier alpha value is -2.64. The number of rotatable bonds is 1. The third kappa shape index (κ3) is 3.24. The van der Waals surface area contributed by atoms with E-state index in [1.54, 1.807) is 6.20 Å². The molecule has 2 nitrogen and oxygen atoms in total. The Bertz CT molecular complexity index is 1230. The van der Waals surface area contributed by atoms with Crippen molar-refractivity contribution in [2.75, 3.05) is 0 Å². The van der Waals surface area contributed by atoms with Crippen LogP contribution in [0.1, 0.15) is 11.3 Å². The number of pyridine rings is 1. The average Bonchev–Trinajstić information content (AvgIpc) is 3.08. The SMILES string of the molecule is Cc1ccc(-c2nc3c(s2)-c2ccccc2Sc2cc(C(F)(F)F)ccc2-3)cn1. The van der Waals surface area contributed by atoms with Crippen molar-refractivity contribution in [3.05, 3.63) is 72.1 Å². The smallest absolute Gasteiger partial charge is 0.261 e. The highest BCUT2D eigenvalue weighted by Gasteiger charge is 2.33. The van der Waals surface area contributed by atoms with Crippen molar-refractivity contribution in [3.8, 4) is 32.3 Å². The molecule has 2 aromatic carbocycles. The zero-order valence-electron chi connectivity index (χ0n) is 15.1. The van der Waals surface area contributed by atoms with Crippen LogP contribution in [0.3, 0.4) is 0 Å². The molecule has 0 saturated carbocycles. The minimum Gasteiger partial charge on any atom is -0.261 e. The van der Waals surface area contributed by atoms with Crippen LogP contribution in [0.15, 0.2) is 70.6 Å². The predicted molar refractivity (Wildman–Crippen MR) is 110 cm³/mol. The van der Waals surface area contributed by atoms with Gasteiger partial charge in [-0.25, -0.2) is 4.98 Å². The molecular formula is C22H13F3N2S2. The second kappa shape index (κ2) is 6.71. The minimum atomic E-state index is -4.38. The summed E-state index contributed by atoms with van der Waals surface area (Å²) in [4.78, 5) is 11.6. The lowest BCUT2D eigenvalue weighted by molar-refractivity contribution is -0.137. The predicted octanol–water partition coefficient (Wildman–Crippen LogP) is 7.33. The number of benzene rings is 2. The number of nitrogens with zero attached hydrogens (tertiary/aromatic N) is 2. The van der Waals surface area contributed by atoms with E-state index in [2.05, 4.69) is 4.98 Å². The highest BCUT2D eigenvalue weighted by atomic mass is 32.2. The first-order valence-corrected chi connectivity index (χ1v) is 10.5. The maximum Gasteiger partial charge on any atom is 0.416 e. The van der Waals surface area contributed by atoms with Crippen molar-refractivity contribution >= 4 is 23.1 Å². The van der Waals surface area contributed by atoms with Crippen molar-refractivity contribution < 1.29 is 13.2 Å². The first-order chi connectivity index (χ1) is 13.9. The van der Waals surface area contributed by atoms with Crippen molar-refractivity contribution in [1.29, 1.82) is 0 Å². The second-order valence-electron chi connectivity index (χ2n) is 6.69. The van der Waals surface area contributed by atoms with Gasteiger partial charge in [0.15, 0.2) is 0 Å². The molecule has 144 valence electrons. The molecule has 2 aromatic heterocycles. The normalized spacial score (nSPS) is 12.7. The second-order valence-corrected chi connectivity index (χ2v) is 8.77. The molecule has 0 fully saturated rings. The summed E-state index contributed by atoms with van der Waals surface area (Å²) in [6, 6.07) is 15.5. The molecule has 0 saturated heterocycles. The molecule has 0 spiro atoms. The first kappa shape index (κ1) is 18.4. The van der Waals surface area contributed by atoms with Gasteiger partial charge in [-0.2, -0.15) is 13.2 Å². The Morgan fingerprint density at radius 2 is 1.72 bits per heavy atom. The number of hydrogen-bond acceptors (Lipinski definition) is 4. The molecule has 0 amide bonds. The Labute approximate surface area is 173 Å². The van der Waals surface area contributed by atoms with Crippen LogP contribution in [0.25, 0.3) is 32.3 Å². The molecule has 4 aromatic rings. The zero-order chi connectivity index (χ0) is 20.2. The van der Waals surface area contributed by atoms with Gasteiger partial charge in [-0.05, 0) is 37.3 Å². The molecule has 0 N–H and O–H groups in total. The van der Waals surface area contributed by atoms with E-state index >= 15 is 0 Å². The summed E-state index contributed by atoms with van der Waals surface area (Å²) in [6.45, 7) is 1.92. The molecule has 7 heteroatoms. The van der Waals surface area contributed by atoms with Gasteiger partial charge in [-0.1, -0.05) is 36.0 Å². The summed E-state index contributed by atoms with van der Waals surface area (Å²) < 4.78 is 39.8.